The molecule has 1 aromatic carbocycles. The van der Waals surface area contributed by atoms with Crippen molar-refractivity contribution in [2.75, 3.05) is 38.2 Å². The first-order chi connectivity index (χ1) is 15.2. The number of rotatable bonds is 8. The van der Waals surface area contributed by atoms with Gasteiger partial charge in [0.05, 0.1) is 24.6 Å². The number of thiophene rings is 1. The molecule has 2 heterocycles. The molecule has 3 rings (SSSR count). The summed E-state index contributed by atoms with van der Waals surface area (Å²) in [5.74, 6) is -1.42. The maximum Gasteiger partial charge on any atom is 0.311 e. The van der Waals surface area contributed by atoms with Gasteiger partial charge in [-0.05, 0) is 24.3 Å². The third kappa shape index (κ3) is 6.01. The topological polar surface area (TPSA) is 145 Å². The van der Waals surface area contributed by atoms with E-state index in [1.165, 1.54) is 28.6 Å². The quantitative estimate of drug-likeness (QED) is 0.327. The van der Waals surface area contributed by atoms with Crippen molar-refractivity contribution in [3.8, 4) is 0 Å². The van der Waals surface area contributed by atoms with Crippen molar-refractivity contribution in [2.24, 2.45) is 0 Å². The zero-order valence-corrected chi connectivity index (χ0v) is 18.9. The fraction of sp³-hybridized carbons (Fsp3) is 0.333. The number of sulfonamides is 1. The molecular formula is C18H18ClN3O8S2. The van der Waals surface area contributed by atoms with Gasteiger partial charge in [0.1, 0.15) is 9.23 Å². The first kappa shape index (κ1) is 24.1. The van der Waals surface area contributed by atoms with Crippen molar-refractivity contribution in [3.63, 3.8) is 0 Å². The monoisotopic (exact) mass is 503 g/mol. The van der Waals surface area contributed by atoms with Crippen molar-refractivity contribution in [3.05, 3.63) is 50.3 Å². The molecule has 1 fully saturated rings. The standard InChI is InChI=1S/C18H18ClN3O8S2/c19-14-3-1-12(9-15(14)22(25)26)20-16(23)11-30-17(24)10-13-2-4-18(31-13)32(27,28)21-5-7-29-8-6-21/h1-4,9H,5-8,10-11H2,(H,20,23). The molecule has 11 nitrogen and oxygen atoms in total. The van der Waals surface area contributed by atoms with E-state index in [4.69, 9.17) is 21.1 Å². The van der Waals surface area contributed by atoms with E-state index in [1.807, 2.05) is 0 Å². The van der Waals surface area contributed by atoms with Crippen LogP contribution in [0.4, 0.5) is 11.4 Å². The van der Waals surface area contributed by atoms with Gasteiger partial charge in [0.25, 0.3) is 21.6 Å². The number of hydrogen-bond donors (Lipinski definition) is 1. The number of hydrogen-bond acceptors (Lipinski definition) is 9. The lowest BCUT2D eigenvalue weighted by Gasteiger charge is -2.25. The number of nitro benzene ring substituents is 1. The van der Waals surface area contributed by atoms with Gasteiger partial charge < -0.3 is 14.8 Å². The molecular weight excluding hydrogens is 486 g/mol. The molecule has 0 aliphatic carbocycles. The minimum Gasteiger partial charge on any atom is -0.455 e. The number of morpholine rings is 1. The second kappa shape index (κ2) is 10.4. The van der Waals surface area contributed by atoms with Gasteiger partial charge in [-0.2, -0.15) is 4.31 Å². The summed E-state index contributed by atoms with van der Waals surface area (Å²) < 4.78 is 36.8. The molecule has 2 aromatic rings. The maximum absolute atomic E-state index is 12.6. The summed E-state index contributed by atoms with van der Waals surface area (Å²) in [5, 5.41) is 13.2. The Labute approximate surface area is 192 Å². The highest BCUT2D eigenvalue weighted by atomic mass is 35.5. The average molecular weight is 504 g/mol. The SMILES string of the molecule is O=C(COC(=O)Cc1ccc(S(=O)(=O)N2CCOCC2)s1)Nc1ccc(Cl)c([N+](=O)[O-])c1. The number of nitro groups is 1. The van der Waals surface area contributed by atoms with Crippen LogP contribution in [-0.2, 0) is 35.5 Å². The third-order valence-corrected chi connectivity index (χ3v) is 8.08. The summed E-state index contributed by atoms with van der Waals surface area (Å²) in [6, 6.07) is 6.67. The van der Waals surface area contributed by atoms with Crippen LogP contribution in [-0.4, -0.2) is 62.4 Å². The van der Waals surface area contributed by atoms with E-state index in [1.54, 1.807) is 0 Å². The molecule has 172 valence electrons. The fourth-order valence-corrected chi connectivity index (χ4v) is 5.86. The molecule has 0 atom stereocenters. The maximum atomic E-state index is 12.6. The van der Waals surface area contributed by atoms with E-state index in [-0.39, 0.29) is 40.1 Å². The Morgan fingerprint density at radius 2 is 1.97 bits per heavy atom. The highest BCUT2D eigenvalue weighted by Gasteiger charge is 2.28. The molecule has 0 unspecified atom stereocenters. The summed E-state index contributed by atoms with van der Waals surface area (Å²) >= 11 is 6.67. The second-order valence-electron chi connectivity index (χ2n) is 6.55. The number of carbonyl (C=O) groups is 2. The Bertz CT molecular complexity index is 1130. The van der Waals surface area contributed by atoms with E-state index in [2.05, 4.69) is 5.32 Å². The Kier molecular flexibility index (Phi) is 7.79. The number of ether oxygens (including phenoxy) is 2. The number of nitrogens with zero attached hydrogens (tertiary/aromatic N) is 2. The minimum absolute atomic E-state index is 0.0784. The van der Waals surface area contributed by atoms with Crippen LogP contribution in [0.3, 0.4) is 0 Å². The lowest BCUT2D eigenvalue weighted by molar-refractivity contribution is -0.384. The molecule has 1 N–H and O–H groups in total. The molecule has 32 heavy (non-hydrogen) atoms. The predicted molar refractivity (Wildman–Crippen MR) is 115 cm³/mol. The Morgan fingerprint density at radius 3 is 2.66 bits per heavy atom. The molecule has 0 spiro atoms. The first-order valence-electron chi connectivity index (χ1n) is 9.23. The van der Waals surface area contributed by atoms with Gasteiger partial charge in [0.2, 0.25) is 0 Å². The molecule has 0 bridgehead atoms. The van der Waals surface area contributed by atoms with Crippen molar-refractivity contribution in [1.29, 1.82) is 0 Å². The van der Waals surface area contributed by atoms with E-state index >= 15 is 0 Å². The van der Waals surface area contributed by atoms with Gasteiger partial charge in [-0.1, -0.05) is 11.6 Å². The Morgan fingerprint density at radius 1 is 1.25 bits per heavy atom. The largest absolute Gasteiger partial charge is 0.455 e. The van der Waals surface area contributed by atoms with E-state index in [0.29, 0.717) is 18.1 Å². The highest BCUT2D eigenvalue weighted by molar-refractivity contribution is 7.91. The van der Waals surface area contributed by atoms with Crippen LogP contribution >= 0.6 is 22.9 Å². The lowest BCUT2D eigenvalue weighted by Crippen LogP contribution is -2.40. The van der Waals surface area contributed by atoms with E-state index in [9.17, 15) is 28.1 Å². The molecule has 1 aliphatic rings. The van der Waals surface area contributed by atoms with Crippen molar-refractivity contribution < 1.29 is 32.4 Å². The van der Waals surface area contributed by atoms with Crippen LogP contribution in [0.25, 0.3) is 0 Å². The molecule has 1 amide bonds. The van der Waals surface area contributed by atoms with Crippen LogP contribution < -0.4 is 5.32 Å². The number of halogens is 1. The van der Waals surface area contributed by atoms with Crippen LogP contribution in [0.15, 0.2) is 34.5 Å². The first-order valence-corrected chi connectivity index (χ1v) is 11.9. The minimum atomic E-state index is -3.65. The number of benzene rings is 1. The number of esters is 1. The van der Waals surface area contributed by atoms with Crippen LogP contribution in [0.1, 0.15) is 4.88 Å². The van der Waals surface area contributed by atoms with Crippen LogP contribution in [0.5, 0.6) is 0 Å². The predicted octanol–water partition coefficient (Wildman–Crippen LogP) is 2.05. The number of carbonyl (C=O) groups excluding carboxylic acids is 2. The number of anilines is 1. The molecule has 0 radical (unpaired) electrons. The van der Waals surface area contributed by atoms with Crippen molar-refractivity contribution in [1.82, 2.24) is 4.31 Å². The van der Waals surface area contributed by atoms with E-state index in [0.717, 1.165) is 17.4 Å². The molecule has 1 aromatic heterocycles. The summed E-state index contributed by atoms with van der Waals surface area (Å²) in [7, 11) is -3.65. The van der Waals surface area contributed by atoms with Gasteiger partial charge in [0, 0.05) is 29.7 Å². The van der Waals surface area contributed by atoms with E-state index < -0.39 is 33.4 Å². The smallest absolute Gasteiger partial charge is 0.311 e. The average Bonchev–Trinajstić information content (AvgIpc) is 3.23. The van der Waals surface area contributed by atoms with Gasteiger partial charge >= 0.3 is 5.97 Å². The fourth-order valence-electron chi connectivity index (χ4n) is 2.77. The molecule has 14 heteroatoms. The Balaban J connectivity index is 1.51. The van der Waals surface area contributed by atoms with Gasteiger partial charge in [-0.3, -0.25) is 19.7 Å². The summed E-state index contributed by atoms with van der Waals surface area (Å²) in [5.41, 5.74) is -0.250. The summed E-state index contributed by atoms with van der Waals surface area (Å²) in [6.07, 6.45) is -0.205. The normalized spacial score (nSPS) is 14.7. The number of amides is 1. The lowest BCUT2D eigenvalue weighted by atomic mass is 10.3. The molecule has 1 saturated heterocycles. The molecule has 1 aliphatic heterocycles. The van der Waals surface area contributed by atoms with Gasteiger partial charge in [-0.25, -0.2) is 8.42 Å². The van der Waals surface area contributed by atoms with Gasteiger partial charge in [-0.15, -0.1) is 11.3 Å². The zero-order valence-electron chi connectivity index (χ0n) is 16.5. The Hall–Kier alpha value is -2.58. The summed E-state index contributed by atoms with van der Waals surface area (Å²) in [4.78, 5) is 34.7. The molecule has 0 saturated carbocycles. The second-order valence-corrected chi connectivity index (χ2v) is 10.3. The number of nitrogens with one attached hydrogen (secondary N) is 1. The summed E-state index contributed by atoms with van der Waals surface area (Å²) in [6.45, 7) is 0.580. The van der Waals surface area contributed by atoms with Crippen LogP contribution in [0.2, 0.25) is 5.02 Å². The van der Waals surface area contributed by atoms with Crippen molar-refractivity contribution >= 4 is 56.2 Å². The third-order valence-electron chi connectivity index (χ3n) is 4.31. The van der Waals surface area contributed by atoms with Gasteiger partial charge in [0.15, 0.2) is 6.61 Å². The van der Waals surface area contributed by atoms with Crippen molar-refractivity contribution in [2.45, 2.75) is 10.6 Å². The zero-order chi connectivity index (χ0) is 23.3. The highest BCUT2D eigenvalue weighted by Crippen LogP contribution is 2.28. The van der Waals surface area contributed by atoms with Crippen LogP contribution in [0, 0.1) is 10.1 Å².